The predicted octanol–water partition coefficient (Wildman–Crippen LogP) is -0.427. The second-order valence-corrected chi connectivity index (χ2v) is 5.16. The maximum Gasteiger partial charge on any atom is 0.269 e. The van der Waals surface area contributed by atoms with E-state index in [0.29, 0.717) is 11.6 Å². The number of carbonyl (C=O) groups excluding carboxylic acids is 1. The molecule has 0 spiro atoms. The van der Waals surface area contributed by atoms with Crippen LogP contribution in [0.15, 0.2) is 6.07 Å². The number of ether oxygens (including phenoxy) is 1. The summed E-state index contributed by atoms with van der Waals surface area (Å²) in [6.45, 7) is 2.61. The number of fused-ring (bicyclic) bond motifs is 1. The fourth-order valence-corrected chi connectivity index (χ4v) is 2.98. The monoisotopic (exact) mass is 250 g/mol. The second-order valence-electron chi connectivity index (χ2n) is 5.16. The van der Waals surface area contributed by atoms with Crippen LogP contribution in [0, 0.1) is 12.8 Å². The van der Waals surface area contributed by atoms with E-state index in [1.54, 1.807) is 17.8 Å². The highest BCUT2D eigenvalue weighted by Crippen LogP contribution is 2.37. The largest absolute Gasteiger partial charge is 0.376 e. The van der Waals surface area contributed by atoms with Gasteiger partial charge in [-0.1, -0.05) is 0 Å². The van der Waals surface area contributed by atoms with Crippen molar-refractivity contribution in [3.05, 3.63) is 17.5 Å². The summed E-state index contributed by atoms with van der Waals surface area (Å²) in [4.78, 5) is 12.1. The molecule has 18 heavy (non-hydrogen) atoms. The Hall–Kier alpha value is -1.40. The zero-order valence-electron chi connectivity index (χ0n) is 10.6. The Morgan fingerprint density at radius 1 is 1.67 bits per heavy atom. The minimum atomic E-state index is -0.132. The average molecular weight is 250 g/mol. The topological polar surface area (TPSA) is 82.2 Å². The van der Waals surface area contributed by atoms with Gasteiger partial charge in [0.2, 0.25) is 0 Å². The van der Waals surface area contributed by atoms with Crippen LogP contribution in [0.5, 0.6) is 0 Å². The first kappa shape index (κ1) is 11.7. The van der Waals surface area contributed by atoms with Gasteiger partial charge in [0.1, 0.15) is 5.69 Å². The molecule has 1 aliphatic carbocycles. The van der Waals surface area contributed by atoms with Crippen LogP contribution < -0.4 is 11.1 Å². The Balaban J connectivity index is 1.70. The molecule has 1 saturated heterocycles. The van der Waals surface area contributed by atoms with Crippen molar-refractivity contribution >= 4 is 5.91 Å². The lowest BCUT2D eigenvalue weighted by Gasteiger charge is -2.45. The molecule has 0 aromatic carbocycles. The first-order valence-electron chi connectivity index (χ1n) is 6.26. The molecule has 98 valence electrons. The van der Waals surface area contributed by atoms with E-state index in [9.17, 15) is 4.79 Å². The van der Waals surface area contributed by atoms with Crippen LogP contribution in [-0.4, -0.2) is 40.5 Å². The minimum absolute atomic E-state index is 0.00998. The number of aryl methyl sites for hydroxylation is 2. The summed E-state index contributed by atoms with van der Waals surface area (Å²) in [5, 5.41) is 7.12. The highest BCUT2D eigenvalue weighted by atomic mass is 16.5. The third-order valence-electron chi connectivity index (χ3n) is 3.98. The zero-order chi connectivity index (χ0) is 12.9. The van der Waals surface area contributed by atoms with Gasteiger partial charge in [-0.3, -0.25) is 9.48 Å². The summed E-state index contributed by atoms with van der Waals surface area (Å²) in [5.41, 5.74) is 7.45. The number of amides is 1. The van der Waals surface area contributed by atoms with Crippen LogP contribution in [0.4, 0.5) is 0 Å². The van der Waals surface area contributed by atoms with Crippen molar-refractivity contribution in [2.45, 2.75) is 31.5 Å². The third kappa shape index (κ3) is 1.64. The molecule has 1 aromatic heterocycles. The van der Waals surface area contributed by atoms with Gasteiger partial charge in [-0.05, 0) is 19.4 Å². The van der Waals surface area contributed by atoms with Crippen LogP contribution in [0.2, 0.25) is 0 Å². The number of hydrogen-bond donors (Lipinski definition) is 2. The molecule has 4 atom stereocenters. The number of nitrogens with two attached hydrogens (primary N) is 1. The number of nitrogens with zero attached hydrogens (tertiary/aromatic N) is 2. The van der Waals surface area contributed by atoms with Crippen molar-refractivity contribution in [1.82, 2.24) is 15.1 Å². The molecule has 4 unspecified atom stereocenters. The van der Waals surface area contributed by atoms with E-state index in [1.807, 2.05) is 6.92 Å². The van der Waals surface area contributed by atoms with E-state index in [2.05, 4.69) is 10.4 Å². The molecular weight excluding hydrogens is 232 g/mol. The smallest absolute Gasteiger partial charge is 0.269 e. The van der Waals surface area contributed by atoms with Gasteiger partial charge in [0.15, 0.2) is 0 Å². The van der Waals surface area contributed by atoms with Crippen molar-refractivity contribution in [2.24, 2.45) is 18.7 Å². The van der Waals surface area contributed by atoms with Crippen molar-refractivity contribution < 1.29 is 9.53 Å². The Morgan fingerprint density at radius 3 is 3.11 bits per heavy atom. The first-order chi connectivity index (χ1) is 8.58. The van der Waals surface area contributed by atoms with Gasteiger partial charge in [-0.15, -0.1) is 0 Å². The van der Waals surface area contributed by atoms with Gasteiger partial charge in [0.25, 0.3) is 5.91 Å². The van der Waals surface area contributed by atoms with Crippen LogP contribution in [-0.2, 0) is 11.8 Å². The summed E-state index contributed by atoms with van der Waals surface area (Å²) in [6, 6.07) is 1.71. The van der Waals surface area contributed by atoms with Crippen LogP contribution in [0.25, 0.3) is 0 Å². The lowest BCUT2D eigenvalue weighted by atomic mass is 9.72. The molecule has 2 heterocycles. The Bertz CT molecular complexity index is 484. The molecule has 3 rings (SSSR count). The Labute approximate surface area is 105 Å². The number of aromatic nitrogens is 2. The molecule has 1 saturated carbocycles. The van der Waals surface area contributed by atoms with Crippen molar-refractivity contribution in [1.29, 1.82) is 0 Å². The molecule has 6 nitrogen and oxygen atoms in total. The van der Waals surface area contributed by atoms with E-state index in [-0.39, 0.29) is 24.1 Å². The maximum atomic E-state index is 12.1. The fraction of sp³-hybridized carbons (Fsp3) is 0.667. The Morgan fingerprint density at radius 2 is 2.44 bits per heavy atom. The lowest BCUT2D eigenvalue weighted by molar-refractivity contribution is -0.0162. The van der Waals surface area contributed by atoms with Crippen LogP contribution in [0.1, 0.15) is 22.6 Å². The van der Waals surface area contributed by atoms with Crippen LogP contribution in [0.3, 0.4) is 0 Å². The molecule has 6 heteroatoms. The summed E-state index contributed by atoms with van der Waals surface area (Å²) in [7, 11) is 1.76. The van der Waals surface area contributed by atoms with Gasteiger partial charge < -0.3 is 15.8 Å². The molecule has 2 aliphatic rings. The predicted molar refractivity (Wildman–Crippen MR) is 65.0 cm³/mol. The van der Waals surface area contributed by atoms with Gasteiger partial charge in [-0.25, -0.2) is 0 Å². The number of hydrogen-bond acceptors (Lipinski definition) is 4. The van der Waals surface area contributed by atoms with Crippen LogP contribution >= 0.6 is 0 Å². The molecule has 1 aliphatic heterocycles. The summed E-state index contributed by atoms with van der Waals surface area (Å²) in [5.74, 6) is 0.274. The summed E-state index contributed by atoms with van der Waals surface area (Å²) >= 11 is 0. The molecular formula is C12H18N4O2. The van der Waals surface area contributed by atoms with E-state index >= 15 is 0 Å². The highest BCUT2D eigenvalue weighted by Gasteiger charge is 2.52. The maximum absolute atomic E-state index is 12.1. The molecule has 1 aromatic rings. The van der Waals surface area contributed by atoms with Gasteiger partial charge in [-0.2, -0.15) is 5.10 Å². The van der Waals surface area contributed by atoms with Gasteiger partial charge >= 0.3 is 0 Å². The van der Waals surface area contributed by atoms with Crippen molar-refractivity contribution in [3.63, 3.8) is 0 Å². The number of nitrogens with one attached hydrogen (secondary N) is 1. The van der Waals surface area contributed by atoms with E-state index in [0.717, 1.165) is 18.7 Å². The van der Waals surface area contributed by atoms with E-state index < -0.39 is 0 Å². The summed E-state index contributed by atoms with van der Waals surface area (Å²) in [6.07, 6.45) is 1.10. The quantitative estimate of drug-likeness (QED) is 0.746. The third-order valence-corrected chi connectivity index (χ3v) is 3.98. The molecule has 0 radical (unpaired) electrons. The van der Waals surface area contributed by atoms with E-state index in [4.69, 9.17) is 10.5 Å². The minimum Gasteiger partial charge on any atom is -0.376 e. The summed E-state index contributed by atoms with van der Waals surface area (Å²) < 4.78 is 7.18. The molecule has 3 N–H and O–H groups in total. The SMILES string of the molecule is Cc1cc(C(=O)NC2C(N)C3CCOC32)n(C)n1. The van der Waals surface area contributed by atoms with E-state index in [1.165, 1.54) is 0 Å². The molecule has 0 bridgehead atoms. The highest BCUT2D eigenvalue weighted by molar-refractivity contribution is 5.93. The molecule has 1 amide bonds. The lowest BCUT2D eigenvalue weighted by Crippen LogP contribution is -2.69. The normalized spacial score (nSPS) is 33.9. The van der Waals surface area contributed by atoms with Gasteiger partial charge in [0.05, 0.1) is 17.8 Å². The average Bonchev–Trinajstić information content (AvgIpc) is 2.89. The zero-order valence-corrected chi connectivity index (χ0v) is 10.6. The van der Waals surface area contributed by atoms with Crippen molar-refractivity contribution in [3.8, 4) is 0 Å². The number of carbonyl (C=O) groups is 1. The number of rotatable bonds is 2. The Kier molecular flexibility index (Phi) is 2.64. The molecule has 2 fully saturated rings. The standard InChI is InChI=1S/C12H18N4O2/c1-6-5-8(16(2)15-6)12(17)14-10-9(13)7-3-4-18-11(7)10/h5,7,9-11H,3-4,13H2,1-2H3,(H,14,17). The first-order valence-corrected chi connectivity index (χ1v) is 6.26. The van der Waals surface area contributed by atoms with Crippen molar-refractivity contribution in [2.75, 3.05) is 6.61 Å². The second kappa shape index (κ2) is 4.07. The fourth-order valence-electron chi connectivity index (χ4n) is 2.98. The van der Waals surface area contributed by atoms with Gasteiger partial charge in [0, 0.05) is 25.6 Å².